The van der Waals surface area contributed by atoms with E-state index in [1.807, 2.05) is 0 Å². The summed E-state index contributed by atoms with van der Waals surface area (Å²) in [7, 11) is 0. The topological polar surface area (TPSA) is 3.24 Å². The molecule has 2 fully saturated rings. The van der Waals surface area contributed by atoms with E-state index < -0.39 is 0 Å². The van der Waals surface area contributed by atoms with Crippen molar-refractivity contribution in [3.63, 3.8) is 0 Å². The number of hydrogen-bond donors (Lipinski definition) is 0. The van der Waals surface area contributed by atoms with Crippen molar-refractivity contribution < 1.29 is 0 Å². The Morgan fingerprint density at radius 3 is 1.60 bits per heavy atom. The molecule has 2 bridgehead atoms. The van der Waals surface area contributed by atoms with E-state index in [0.29, 0.717) is 0 Å². The van der Waals surface area contributed by atoms with Crippen LogP contribution in [0.4, 0.5) is 11.4 Å². The third kappa shape index (κ3) is 5.98. The Bertz CT molecular complexity index is 2990. The van der Waals surface area contributed by atoms with Crippen LogP contribution < -0.4 is 4.90 Å². The standard InChI is InChI=1S/C61H49N/c1-3-17-43(18-4-1)49-21-7-8-22-50(49)45-32-35-47(36-33-45)62(48-37-38-59-57(40-48)55-27-13-15-29-58(55)61(59)41-42-31-34-46(61)39-42)60-30-16-14-28-56(60)54-26-12-11-25-53(54)52-24-10-9-23-51(52)44-19-5-2-6-20-44/h1-30,32-33,35-38,40,42,46,56,60H,31,34,39,41H2. The van der Waals surface area contributed by atoms with E-state index in [9.17, 15) is 0 Å². The first kappa shape index (κ1) is 36.9. The van der Waals surface area contributed by atoms with Gasteiger partial charge in [0, 0.05) is 22.7 Å². The van der Waals surface area contributed by atoms with E-state index in [2.05, 4.69) is 229 Å². The third-order valence-corrected chi connectivity index (χ3v) is 14.8. The molecule has 12 rings (SSSR count). The van der Waals surface area contributed by atoms with Crippen molar-refractivity contribution in [3.05, 3.63) is 241 Å². The molecule has 0 N–H and O–H groups in total. The van der Waals surface area contributed by atoms with Crippen LogP contribution in [-0.4, -0.2) is 6.04 Å². The Morgan fingerprint density at radius 2 is 0.935 bits per heavy atom. The first-order valence-corrected chi connectivity index (χ1v) is 22.6. The summed E-state index contributed by atoms with van der Waals surface area (Å²) in [5.74, 6) is 1.65. The second-order valence-corrected chi connectivity index (χ2v) is 17.9. The van der Waals surface area contributed by atoms with E-state index in [1.54, 1.807) is 11.1 Å². The van der Waals surface area contributed by atoms with Crippen LogP contribution in [0.25, 0.3) is 55.6 Å². The fourth-order valence-electron chi connectivity index (χ4n) is 12.2. The van der Waals surface area contributed by atoms with Gasteiger partial charge in [-0.2, -0.15) is 0 Å². The summed E-state index contributed by atoms with van der Waals surface area (Å²) in [6, 6.07) is 74.7. The van der Waals surface area contributed by atoms with E-state index in [0.717, 1.165) is 11.8 Å². The zero-order valence-corrected chi connectivity index (χ0v) is 34.9. The van der Waals surface area contributed by atoms with Gasteiger partial charge in [-0.1, -0.05) is 207 Å². The number of nitrogens with zero attached hydrogens (tertiary/aromatic N) is 1. The lowest BCUT2D eigenvalue weighted by molar-refractivity contribution is 0.327. The predicted octanol–water partition coefficient (Wildman–Crippen LogP) is 15.9. The molecule has 1 spiro atoms. The number of rotatable bonds is 8. The first-order chi connectivity index (χ1) is 30.7. The van der Waals surface area contributed by atoms with Crippen molar-refractivity contribution in [2.24, 2.45) is 11.8 Å². The van der Waals surface area contributed by atoms with Gasteiger partial charge in [0.25, 0.3) is 0 Å². The highest BCUT2D eigenvalue weighted by Crippen LogP contribution is 2.66. The summed E-state index contributed by atoms with van der Waals surface area (Å²) in [6.45, 7) is 0. The molecule has 298 valence electrons. The molecule has 2 saturated carbocycles. The fourth-order valence-corrected chi connectivity index (χ4v) is 12.2. The van der Waals surface area contributed by atoms with Crippen molar-refractivity contribution >= 4 is 11.4 Å². The summed E-state index contributed by atoms with van der Waals surface area (Å²) in [4.78, 5) is 2.63. The SMILES string of the molecule is C1=CC(c2ccccc2-c2ccccc2-c2ccccc2)C(N(c2ccc(-c3ccccc3-c3ccccc3)cc2)c2ccc3c(c2)-c2ccccc2C32CC3CCC2C3)C=C1. The van der Waals surface area contributed by atoms with Gasteiger partial charge < -0.3 is 4.90 Å². The largest absolute Gasteiger partial charge is 0.334 e. The molecule has 4 aliphatic carbocycles. The Kier molecular flexibility index (Phi) is 9.03. The summed E-state index contributed by atoms with van der Waals surface area (Å²) in [5, 5.41) is 0. The number of fused-ring (bicyclic) bond motifs is 8. The van der Waals surface area contributed by atoms with E-state index >= 15 is 0 Å². The van der Waals surface area contributed by atoms with Crippen molar-refractivity contribution in [3.8, 4) is 55.6 Å². The smallest absolute Gasteiger partial charge is 0.0628 e. The Morgan fingerprint density at radius 1 is 0.403 bits per heavy atom. The quantitative estimate of drug-likeness (QED) is 0.148. The van der Waals surface area contributed by atoms with E-state index in [-0.39, 0.29) is 17.4 Å². The molecular formula is C61H49N. The molecule has 8 aromatic carbocycles. The van der Waals surface area contributed by atoms with Gasteiger partial charge in [0.05, 0.1) is 6.04 Å². The van der Waals surface area contributed by atoms with Crippen molar-refractivity contribution in [1.29, 1.82) is 0 Å². The molecule has 0 heterocycles. The van der Waals surface area contributed by atoms with Crippen LogP contribution in [0.3, 0.4) is 0 Å². The van der Waals surface area contributed by atoms with E-state index in [4.69, 9.17) is 0 Å². The van der Waals surface area contributed by atoms with Crippen LogP contribution in [0.2, 0.25) is 0 Å². The molecule has 5 unspecified atom stereocenters. The van der Waals surface area contributed by atoms with E-state index in [1.165, 1.54) is 98.3 Å². The van der Waals surface area contributed by atoms with Gasteiger partial charge in [-0.25, -0.2) is 0 Å². The summed E-state index contributed by atoms with van der Waals surface area (Å²) < 4.78 is 0. The fraction of sp³-hybridized carbons (Fsp3) is 0.148. The average Bonchev–Trinajstić information content (AvgIpc) is 4.05. The minimum atomic E-state index is 0.0126. The molecule has 8 aromatic rings. The van der Waals surface area contributed by atoms with Crippen LogP contribution in [0.1, 0.15) is 48.3 Å². The van der Waals surface area contributed by atoms with Crippen LogP contribution in [0.5, 0.6) is 0 Å². The Labute approximate surface area is 366 Å². The average molecular weight is 796 g/mol. The molecule has 62 heavy (non-hydrogen) atoms. The summed E-state index contributed by atoms with van der Waals surface area (Å²) in [6.07, 6.45) is 14.8. The maximum Gasteiger partial charge on any atom is 0.0628 e. The number of hydrogen-bond acceptors (Lipinski definition) is 1. The van der Waals surface area contributed by atoms with Gasteiger partial charge in [0.15, 0.2) is 0 Å². The minimum absolute atomic E-state index is 0.0126. The highest BCUT2D eigenvalue weighted by atomic mass is 15.2. The lowest BCUT2D eigenvalue weighted by atomic mass is 9.67. The predicted molar refractivity (Wildman–Crippen MR) is 260 cm³/mol. The number of allylic oxidation sites excluding steroid dienone is 2. The molecule has 1 nitrogen and oxygen atoms in total. The Balaban J connectivity index is 1.01. The lowest BCUT2D eigenvalue weighted by Gasteiger charge is -2.39. The third-order valence-electron chi connectivity index (χ3n) is 14.8. The number of benzene rings is 8. The van der Waals surface area contributed by atoms with Gasteiger partial charge in [-0.3, -0.25) is 0 Å². The van der Waals surface area contributed by atoms with Crippen molar-refractivity contribution in [2.75, 3.05) is 4.90 Å². The second-order valence-electron chi connectivity index (χ2n) is 17.9. The first-order valence-electron chi connectivity index (χ1n) is 22.6. The zero-order chi connectivity index (χ0) is 41.0. The lowest BCUT2D eigenvalue weighted by Crippen LogP contribution is -2.35. The summed E-state index contributed by atoms with van der Waals surface area (Å²) >= 11 is 0. The highest BCUT2D eigenvalue weighted by molar-refractivity contribution is 5.88. The van der Waals surface area contributed by atoms with Crippen LogP contribution in [-0.2, 0) is 5.41 Å². The Hall–Kier alpha value is -6.96. The molecule has 0 radical (unpaired) electrons. The zero-order valence-electron chi connectivity index (χ0n) is 34.9. The maximum atomic E-state index is 2.63. The molecule has 1 heteroatoms. The maximum absolute atomic E-state index is 2.63. The normalized spacial score (nSPS) is 21.5. The van der Waals surface area contributed by atoms with Gasteiger partial charge >= 0.3 is 0 Å². The van der Waals surface area contributed by atoms with Crippen LogP contribution >= 0.6 is 0 Å². The summed E-state index contributed by atoms with van der Waals surface area (Å²) in [5.41, 5.74) is 19.8. The molecule has 0 amide bonds. The monoisotopic (exact) mass is 795 g/mol. The highest BCUT2D eigenvalue weighted by Gasteiger charge is 2.56. The van der Waals surface area contributed by atoms with Crippen molar-refractivity contribution in [1.82, 2.24) is 0 Å². The molecule has 0 aliphatic heterocycles. The van der Waals surface area contributed by atoms with Crippen LogP contribution in [0.15, 0.2) is 224 Å². The van der Waals surface area contributed by atoms with Gasteiger partial charge in [0.1, 0.15) is 0 Å². The molecule has 5 atom stereocenters. The second kappa shape index (κ2) is 15.2. The molecule has 0 aromatic heterocycles. The van der Waals surface area contributed by atoms with Gasteiger partial charge in [-0.05, 0) is 128 Å². The molecular weight excluding hydrogens is 747 g/mol. The molecule has 4 aliphatic rings. The number of anilines is 2. The van der Waals surface area contributed by atoms with Gasteiger partial charge in [-0.15, -0.1) is 0 Å². The van der Waals surface area contributed by atoms with Crippen molar-refractivity contribution in [2.45, 2.75) is 43.1 Å². The van der Waals surface area contributed by atoms with Gasteiger partial charge in [0.2, 0.25) is 0 Å². The minimum Gasteiger partial charge on any atom is -0.334 e. The molecule has 0 saturated heterocycles. The van der Waals surface area contributed by atoms with Crippen LogP contribution in [0, 0.1) is 11.8 Å².